The molecule has 0 unspecified atom stereocenters. The molecular weight excluding hydrogens is 388 g/mol. The van der Waals surface area contributed by atoms with E-state index >= 15 is 0 Å². The number of benzene rings is 1. The summed E-state index contributed by atoms with van der Waals surface area (Å²) in [5.74, 6) is 0.307. The highest BCUT2D eigenvalue weighted by Crippen LogP contribution is 2.31. The van der Waals surface area contributed by atoms with Crippen molar-refractivity contribution in [2.45, 2.75) is 26.8 Å². The van der Waals surface area contributed by atoms with Crippen molar-refractivity contribution in [3.05, 3.63) is 46.0 Å². The van der Waals surface area contributed by atoms with Crippen LogP contribution in [0.2, 0.25) is 0 Å². The minimum atomic E-state index is -0.713. The van der Waals surface area contributed by atoms with Crippen LogP contribution in [0.15, 0.2) is 29.1 Å². The molecule has 2 heterocycles. The zero-order chi connectivity index (χ0) is 21.9. The van der Waals surface area contributed by atoms with E-state index in [9.17, 15) is 14.4 Å². The summed E-state index contributed by atoms with van der Waals surface area (Å²) in [7, 11) is 1.22. The highest BCUT2D eigenvalue weighted by Gasteiger charge is 2.35. The fraction of sp³-hybridized carbons (Fsp3) is 0.381. The van der Waals surface area contributed by atoms with E-state index in [2.05, 4.69) is 15.0 Å². The molecule has 9 nitrogen and oxygen atoms in total. The number of rotatable bonds is 6. The third-order valence-corrected chi connectivity index (χ3v) is 4.91. The molecule has 1 aliphatic rings. The fourth-order valence-electron chi connectivity index (χ4n) is 3.31. The van der Waals surface area contributed by atoms with Gasteiger partial charge in [-0.05, 0) is 25.1 Å². The Labute approximate surface area is 173 Å². The van der Waals surface area contributed by atoms with Crippen molar-refractivity contribution in [1.82, 2.24) is 9.55 Å². The van der Waals surface area contributed by atoms with Crippen LogP contribution in [0.4, 0.5) is 10.5 Å². The molecule has 0 bridgehead atoms. The van der Waals surface area contributed by atoms with Crippen LogP contribution < -0.4 is 10.9 Å². The molecule has 1 saturated heterocycles. The van der Waals surface area contributed by atoms with Crippen LogP contribution in [0.1, 0.15) is 24.7 Å². The van der Waals surface area contributed by atoms with E-state index in [-0.39, 0.29) is 23.3 Å². The van der Waals surface area contributed by atoms with Gasteiger partial charge < -0.3 is 9.47 Å². The van der Waals surface area contributed by atoms with Crippen LogP contribution in [0, 0.1) is 23.7 Å². The summed E-state index contributed by atoms with van der Waals surface area (Å²) >= 11 is 0. The lowest BCUT2D eigenvalue weighted by Crippen LogP contribution is -2.42. The lowest BCUT2D eigenvalue weighted by Gasteiger charge is -2.37. The van der Waals surface area contributed by atoms with Crippen LogP contribution in [0.5, 0.6) is 0 Å². The number of ketones is 1. The van der Waals surface area contributed by atoms with E-state index in [1.807, 2.05) is 13.0 Å². The molecule has 1 amide bonds. The Hall–Kier alpha value is -3.51. The lowest BCUT2D eigenvalue weighted by molar-refractivity contribution is -0.137. The lowest BCUT2D eigenvalue weighted by atomic mass is 9.83. The topological polar surface area (TPSA) is 123 Å². The van der Waals surface area contributed by atoms with Gasteiger partial charge in [0, 0.05) is 23.5 Å². The summed E-state index contributed by atoms with van der Waals surface area (Å²) in [6.45, 7) is 4.64. The smallest absolute Gasteiger partial charge is 0.411 e. The molecule has 0 radical (unpaired) electrons. The maximum atomic E-state index is 12.7. The number of nitriles is 1. The van der Waals surface area contributed by atoms with Crippen molar-refractivity contribution >= 4 is 17.6 Å². The zero-order valence-corrected chi connectivity index (χ0v) is 17.0. The van der Waals surface area contributed by atoms with Crippen molar-refractivity contribution in [1.29, 1.82) is 5.26 Å². The van der Waals surface area contributed by atoms with Crippen LogP contribution in [0.25, 0.3) is 11.3 Å². The number of aryl methyl sites for hydroxylation is 1. The van der Waals surface area contributed by atoms with Gasteiger partial charge in [0.05, 0.1) is 49.9 Å². The van der Waals surface area contributed by atoms with Gasteiger partial charge in [-0.15, -0.1) is 0 Å². The number of amides is 1. The molecule has 1 fully saturated rings. The number of nitrogens with one attached hydrogen (secondary N) is 1. The number of ether oxygens (including phenoxy) is 2. The van der Waals surface area contributed by atoms with Crippen molar-refractivity contribution < 1.29 is 19.1 Å². The van der Waals surface area contributed by atoms with Gasteiger partial charge in [0.1, 0.15) is 5.82 Å². The highest BCUT2D eigenvalue weighted by atomic mass is 16.5. The van der Waals surface area contributed by atoms with Gasteiger partial charge in [0.25, 0.3) is 5.56 Å². The van der Waals surface area contributed by atoms with E-state index in [1.165, 1.54) is 23.8 Å². The standard InChI is InChI=1S/C21H22N4O5/c1-13-23-18(16-5-4-14(9-22)6-17(16)24-20(28)29-3)7-19(27)25(13)10-15(26)8-21(2)11-30-12-21/h4-7H,8,10-12H2,1-3H3,(H,24,28). The molecule has 3 rings (SSSR count). The highest BCUT2D eigenvalue weighted by molar-refractivity contribution is 5.91. The molecule has 1 N–H and O–H groups in total. The Morgan fingerprint density at radius 3 is 2.67 bits per heavy atom. The summed E-state index contributed by atoms with van der Waals surface area (Å²) in [6.07, 6.45) is -0.376. The first-order valence-corrected chi connectivity index (χ1v) is 9.32. The van der Waals surface area contributed by atoms with Gasteiger partial charge in [-0.25, -0.2) is 9.78 Å². The van der Waals surface area contributed by atoms with Crippen LogP contribution in [-0.4, -0.2) is 41.8 Å². The Bertz CT molecular complexity index is 1100. The maximum absolute atomic E-state index is 12.7. The normalized spacial score (nSPS) is 14.3. The monoisotopic (exact) mass is 410 g/mol. The Balaban J connectivity index is 1.91. The number of carbonyl (C=O) groups excluding carboxylic acids is 2. The second-order valence-corrected chi connectivity index (χ2v) is 7.62. The molecule has 1 aliphatic heterocycles. The largest absolute Gasteiger partial charge is 0.453 e. The van der Waals surface area contributed by atoms with Crippen molar-refractivity contribution in [3.63, 3.8) is 0 Å². The molecule has 156 valence electrons. The average molecular weight is 410 g/mol. The minimum Gasteiger partial charge on any atom is -0.453 e. The molecular formula is C21H22N4O5. The molecule has 9 heteroatoms. The van der Waals surface area contributed by atoms with Gasteiger partial charge in [-0.1, -0.05) is 6.92 Å². The summed E-state index contributed by atoms with van der Waals surface area (Å²) in [5, 5.41) is 11.7. The number of anilines is 1. The second-order valence-electron chi connectivity index (χ2n) is 7.62. The number of nitrogens with zero attached hydrogens (tertiary/aromatic N) is 3. The van der Waals surface area contributed by atoms with Crippen LogP contribution in [-0.2, 0) is 20.8 Å². The quantitative estimate of drug-likeness (QED) is 0.775. The number of methoxy groups -OCH3 is 1. The van der Waals surface area contributed by atoms with Crippen molar-refractivity contribution in [2.75, 3.05) is 25.6 Å². The molecule has 2 aromatic rings. The van der Waals surface area contributed by atoms with Gasteiger partial charge in [0.2, 0.25) is 0 Å². The second kappa shape index (κ2) is 8.47. The predicted molar refractivity (Wildman–Crippen MR) is 108 cm³/mol. The third-order valence-electron chi connectivity index (χ3n) is 4.91. The van der Waals surface area contributed by atoms with Crippen molar-refractivity contribution in [3.8, 4) is 17.3 Å². The summed E-state index contributed by atoms with van der Waals surface area (Å²) in [6, 6.07) is 7.93. The molecule has 30 heavy (non-hydrogen) atoms. The molecule has 0 aliphatic carbocycles. The number of carbonyl (C=O) groups is 2. The number of aromatic nitrogens is 2. The molecule has 0 atom stereocenters. The number of hydrogen-bond donors (Lipinski definition) is 1. The van der Waals surface area contributed by atoms with E-state index in [4.69, 9.17) is 10.00 Å². The Kier molecular flexibility index (Phi) is 5.99. The zero-order valence-electron chi connectivity index (χ0n) is 17.0. The fourth-order valence-corrected chi connectivity index (χ4v) is 3.31. The number of Topliss-reactive ketones (excluding diaryl/α,β-unsaturated/α-hetero) is 1. The van der Waals surface area contributed by atoms with Gasteiger partial charge in [-0.2, -0.15) is 5.26 Å². The molecule has 0 saturated carbocycles. The third kappa shape index (κ3) is 4.55. The summed E-state index contributed by atoms with van der Waals surface area (Å²) in [5.41, 5.74) is 0.843. The predicted octanol–water partition coefficient (Wildman–Crippen LogP) is 2.26. The number of hydrogen-bond acceptors (Lipinski definition) is 7. The molecule has 0 spiro atoms. The molecule has 1 aromatic carbocycles. The molecule has 1 aromatic heterocycles. The van der Waals surface area contributed by atoms with Gasteiger partial charge >= 0.3 is 6.09 Å². The first-order valence-electron chi connectivity index (χ1n) is 9.32. The van der Waals surface area contributed by atoms with E-state index in [0.717, 1.165) is 0 Å². The summed E-state index contributed by atoms with van der Waals surface area (Å²) in [4.78, 5) is 41.3. The van der Waals surface area contributed by atoms with Crippen molar-refractivity contribution in [2.24, 2.45) is 5.41 Å². The summed E-state index contributed by atoms with van der Waals surface area (Å²) < 4.78 is 11.1. The van der Waals surface area contributed by atoms with Crippen LogP contribution >= 0.6 is 0 Å². The van der Waals surface area contributed by atoms with Crippen LogP contribution in [0.3, 0.4) is 0 Å². The average Bonchev–Trinajstić information content (AvgIpc) is 2.69. The minimum absolute atomic E-state index is 0.0613. The van der Waals surface area contributed by atoms with E-state index in [0.29, 0.717) is 48.0 Å². The SMILES string of the molecule is COC(=O)Nc1cc(C#N)ccc1-c1cc(=O)n(CC(=O)CC2(C)COC2)c(C)n1. The maximum Gasteiger partial charge on any atom is 0.411 e. The van der Waals surface area contributed by atoms with E-state index in [1.54, 1.807) is 19.1 Å². The first-order chi connectivity index (χ1) is 14.2. The van der Waals surface area contributed by atoms with E-state index < -0.39 is 6.09 Å². The Morgan fingerprint density at radius 2 is 2.10 bits per heavy atom. The van der Waals surface area contributed by atoms with Gasteiger partial charge in [-0.3, -0.25) is 19.5 Å². The first kappa shape index (κ1) is 21.2. The van der Waals surface area contributed by atoms with Gasteiger partial charge in [0.15, 0.2) is 5.78 Å². The Morgan fingerprint density at radius 1 is 1.37 bits per heavy atom.